The van der Waals surface area contributed by atoms with Crippen LogP contribution in [0.1, 0.15) is 42.3 Å². The average molecular weight is 571 g/mol. The number of amides is 1. The van der Waals surface area contributed by atoms with E-state index in [0.717, 1.165) is 0 Å². The first-order chi connectivity index (χ1) is 18.5. The summed E-state index contributed by atoms with van der Waals surface area (Å²) < 4.78 is 63.6. The molecule has 0 aliphatic heterocycles. The van der Waals surface area contributed by atoms with Crippen LogP contribution in [0.4, 0.5) is 17.6 Å². The molecule has 0 aliphatic carbocycles. The maximum Gasteiger partial charge on any atom is 0.451 e. The lowest BCUT2D eigenvalue weighted by Crippen LogP contribution is -2.40. The van der Waals surface area contributed by atoms with Crippen molar-refractivity contribution >= 4 is 23.5 Å². The molecule has 0 bridgehead atoms. The fraction of sp³-hybridized carbons (Fsp3) is 0.385. The molecule has 39 heavy (non-hydrogen) atoms. The maximum atomic E-state index is 14.3. The van der Waals surface area contributed by atoms with Gasteiger partial charge in [-0.3, -0.25) is 14.7 Å². The van der Waals surface area contributed by atoms with Gasteiger partial charge in [0.05, 0.1) is 19.1 Å². The number of hydrogen-bond acceptors (Lipinski definition) is 6. The van der Waals surface area contributed by atoms with Gasteiger partial charge in [-0.2, -0.15) is 18.2 Å². The van der Waals surface area contributed by atoms with E-state index in [1.165, 1.54) is 18.2 Å². The molecule has 1 aromatic heterocycles. The molecule has 0 fully saturated rings. The molecular weight excluding hydrogens is 544 g/mol. The van der Waals surface area contributed by atoms with Gasteiger partial charge in [-0.25, -0.2) is 4.39 Å². The standard InChI is InChI=1S/C26H27ClF4N4O4/c1-3-38-14-17(24(37)39-4-2)12-19(32-23(36)22-33-25(35-34-22)26(29,30)31)11-15-5-7-16(8-6-15)20-13-18(27)9-10-21(20)28/h5-10,13,17,19H,3-4,11-12,14H2,1-2H3,(H,32,36)(H,33,34,35)/t17-,19+/m0/s1. The fourth-order valence-electron chi connectivity index (χ4n) is 3.85. The van der Waals surface area contributed by atoms with Gasteiger partial charge in [-0.15, -0.1) is 5.10 Å². The molecule has 1 amide bonds. The van der Waals surface area contributed by atoms with Crippen molar-refractivity contribution in [1.82, 2.24) is 20.5 Å². The summed E-state index contributed by atoms with van der Waals surface area (Å²) in [4.78, 5) is 28.5. The lowest BCUT2D eigenvalue weighted by atomic mass is 9.94. The van der Waals surface area contributed by atoms with Crippen LogP contribution in [0.15, 0.2) is 42.5 Å². The Hall–Kier alpha value is -3.51. The molecular formula is C26H27ClF4N4O4. The first kappa shape index (κ1) is 30.0. The van der Waals surface area contributed by atoms with E-state index in [2.05, 4.69) is 15.4 Å². The highest BCUT2D eigenvalue weighted by atomic mass is 35.5. The van der Waals surface area contributed by atoms with E-state index in [1.807, 2.05) is 0 Å². The Morgan fingerprint density at radius 2 is 1.82 bits per heavy atom. The highest BCUT2D eigenvalue weighted by molar-refractivity contribution is 6.30. The number of carbonyl (C=O) groups is 2. The monoisotopic (exact) mass is 570 g/mol. The zero-order valence-electron chi connectivity index (χ0n) is 21.1. The molecule has 0 aliphatic rings. The minimum absolute atomic E-state index is 0.0214. The average Bonchev–Trinajstić information content (AvgIpc) is 3.40. The third kappa shape index (κ3) is 8.49. The molecule has 0 saturated heterocycles. The lowest BCUT2D eigenvalue weighted by molar-refractivity contribution is -0.150. The van der Waals surface area contributed by atoms with Crippen LogP contribution in [0, 0.1) is 11.7 Å². The molecule has 3 rings (SSSR count). The van der Waals surface area contributed by atoms with Gasteiger partial charge in [-0.1, -0.05) is 35.9 Å². The Morgan fingerprint density at radius 1 is 1.10 bits per heavy atom. The first-order valence-electron chi connectivity index (χ1n) is 12.1. The van der Waals surface area contributed by atoms with Crippen molar-refractivity contribution < 1.29 is 36.6 Å². The third-order valence-corrected chi connectivity index (χ3v) is 5.91. The topological polar surface area (TPSA) is 106 Å². The smallest absolute Gasteiger partial charge is 0.451 e. The van der Waals surface area contributed by atoms with E-state index < -0.39 is 47.5 Å². The lowest BCUT2D eigenvalue weighted by Gasteiger charge is -2.23. The van der Waals surface area contributed by atoms with E-state index in [4.69, 9.17) is 21.1 Å². The van der Waals surface area contributed by atoms with Crippen LogP contribution in [0.5, 0.6) is 0 Å². The summed E-state index contributed by atoms with van der Waals surface area (Å²) >= 11 is 6.00. The Balaban J connectivity index is 1.84. The molecule has 8 nitrogen and oxygen atoms in total. The second kappa shape index (κ2) is 13.5. The van der Waals surface area contributed by atoms with E-state index in [9.17, 15) is 27.2 Å². The Morgan fingerprint density at radius 3 is 2.44 bits per heavy atom. The highest BCUT2D eigenvalue weighted by Crippen LogP contribution is 2.27. The van der Waals surface area contributed by atoms with Gasteiger partial charge in [0.15, 0.2) is 0 Å². The number of esters is 1. The van der Waals surface area contributed by atoms with Gasteiger partial charge in [0.25, 0.3) is 5.91 Å². The van der Waals surface area contributed by atoms with E-state index in [1.54, 1.807) is 43.2 Å². The molecule has 0 unspecified atom stereocenters. The summed E-state index contributed by atoms with van der Waals surface area (Å²) in [5.74, 6) is -4.80. The van der Waals surface area contributed by atoms with Crippen LogP contribution in [-0.4, -0.2) is 52.9 Å². The molecule has 0 radical (unpaired) electrons. The molecule has 2 atom stereocenters. The predicted octanol–water partition coefficient (Wildman–Crippen LogP) is 5.23. The largest absolute Gasteiger partial charge is 0.466 e. The Kier molecular flexibility index (Phi) is 10.4. The number of benzene rings is 2. The zero-order chi connectivity index (χ0) is 28.6. The SMILES string of the molecule is CCOC[C@H](C[C@@H](Cc1ccc(-c2cc(Cl)ccc2F)cc1)NC(=O)c1n[nH]c(C(F)(F)F)n1)C(=O)OCC. The molecule has 2 aromatic carbocycles. The van der Waals surface area contributed by atoms with Crippen molar-refractivity contribution in [1.29, 1.82) is 0 Å². The van der Waals surface area contributed by atoms with Crippen LogP contribution in [0.3, 0.4) is 0 Å². The van der Waals surface area contributed by atoms with E-state index >= 15 is 0 Å². The predicted molar refractivity (Wildman–Crippen MR) is 134 cm³/mol. The van der Waals surface area contributed by atoms with Crippen LogP contribution in [0.25, 0.3) is 11.1 Å². The number of rotatable bonds is 12. The summed E-state index contributed by atoms with van der Waals surface area (Å²) in [6, 6.07) is 10.2. The second-order valence-electron chi connectivity index (χ2n) is 8.55. The highest BCUT2D eigenvalue weighted by Gasteiger charge is 2.36. The van der Waals surface area contributed by atoms with Crippen molar-refractivity contribution in [2.75, 3.05) is 19.8 Å². The minimum Gasteiger partial charge on any atom is -0.466 e. The number of H-pyrrole nitrogens is 1. The van der Waals surface area contributed by atoms with Gasteiger partial charge < -0.3 is 14.8 Å². The number of halogens is 5. The van der Waals surface area contributed by atoms with Crippen molar-refractivity contribution in [2.45, 2.75) is 38.9 Å². The number of carbonyl (C=O) groups excluding carboxylic acids is 2. The summed E-state index contributed by atoms with van der Waals surface area (Å²) in [7, 11) is 0. The molecule has 0 spiro atoms. The molecule has 1 heterocycles. The quantitative estimate of drug-likeness (QED) is 0.228. The fourth-order valence-corrected chi connectivity index (χ4v) is 4.03. The van der Waals surface area contributed by atoms with Crippen LogP contribution in [-0.2, 0) is 26.9 Å². The van der Waals surface area contributed by atoms with Crippen molar-refractivity contribution in [3.8, 4) is 11.1 Å². The number of alkyl halides is 3. The van der Waals surface area contributed by atoms with E-state index in [-0.39, 0.29) is 26.1 Å². The number of nitrogens with one attached hydrogen (secondary N) is 2. The number of ether oxygens (including phenoxy) is 2. The Bertz CT molecular complexity index is 1270. The normalized spacial score (nSPS) is 13.1. The van der Waals surface area contributed by atoms with Gasteiger partial charge in [-0.05, 0) is 56.0 Å². The zero-order valence-corrected chi connectivity index (χ0v) is 21.9. The van der Waals surface area contributed by atoms with Gasteiger partial charge in [0.1, 0.15) is 5.82 Å². The summed E-state index contributed by atoms with van der Waals surface area (Å²) in [5.41, 5.74) is 1.58. The number of hydrogen-bond donors (Lipinski definition) is 2. The van der Waals surface area contributed by atoms with Gasteiger partial charge in [0.2, 0.25) is 11.6 Å². The first-order valence-corrected chi connectivity index (χ1v) is 12.5. The van der Waals surface area contributed by atoms with Crippen LogP contribution < -0.4 is 5.32 Å². The summed E-state index contributed by atoms with van der Waals surface area (Å²) in [6.45, 7) is 3.91. The maximum absolute atomic E-state index is 14.3. The second-order valence-corrected chi connectivity index (χ2v) is 8.98. The van der Waals surface area contributed by atoms with E-state index in [0.29, 0.717) is 28.3 Å². The Labute approximate surface area is 227 Å². The molecule has 0 saturated carbocycles. The van der Waals surface area contributed by atoms with Crippen LogP contribution in [0.2, 0.25) is 5.02 Å². The van der Waals surface area contributed by atoms with Crippen molar-refractivity contribution in [3.63, 3.8) is 0 Å². The van der Waals surface area contributed by atoms with Crippen LogP contribution >= 0.6 is 11.6 Å². The molecule has 210 valence electrons. The molecule has 13 heteroatoms. The third-order valence-electron chi connectivity index (χ3n) is 5.68. The van der Waals surface area contributed by atoms with Crippen molar-refractivity contribution in [2.24, 2.45) is 5.92 Å². The minimum atomic E-state index is -4.80. The molecule has 2 N–H and O–H groups in total. The number of nitrogens with zero attached hydrogens (tertiary/aromatic N) is 2. The van der Waals surface area contributed by atoms with Gasteiger partial charge >= 0.3 is 12.1 Å². The van der Waals surface area contributed by atoms with Gasteiger partial charge in [0, 0.05) is 23.2 Å². The van der Waals surface area contributed by atoms with Crippen molar-refractivity contribution in [3.05, 3.63) is 70.5 Å². The number of aromatic amines is 1. The number of aromatic nitrogens is 3. The summed E-state index contributed by atoms with van der Waals surface area (Å²) in [6.07, 6.45) is -4.56. The summed E-state index contributed by atoms with van der Waals surface area (Å²) in [5, 5.41) is 8.06. The molecule has 3 aromatic rings.